The summed E-state index contributed by atoms with van der Waals surface area (Å²) in [6, 6.07) is 77.7. The van der Waals surface area contributed by atoms with Gasteiger partial charge in [-0.25, -0.2) is 0 Å². The lowest BCUT2D eigenvalue weighted by atomic mass is 9.82. The van der Waals surface area contributed by atoms with Crippen molar-refractivity contribution < 1.29 is 0 Å². The van der Waals surface area contributed by atoms with E-state index in [1.54, 1.807) is 0 Å². The molecule has 1 nitrogen and oxygen atoms in total. The average Bonchev–Trinajstić information content (AvgIpc) is 3.50. The molecule has 0 bridgehead atoms. The molecule has 0 aromatic heterocycles. The Morgan fingerprint density at radius 1 is 0.339 bits per heavy atom. The average molecular weight is 716 g/mol. The van der Waals surface area contributed by atoms with Crippen molar-refractivity contribution in [3.8, 4) is 55.6 Å². The van der Waals surface area contributed by atoms with Crippen molar-refractivity contribution in [3.63, 3.8) is 0 Å². The van der Waals surface area contributed by atoms with Crippen LogP contribution in [0.4, 0.5) is 17.1 Å². The van der Waals surface area contributed by atoms with E-state index in [9.17, 15) is 0 Å². The molecule has 0 aliphatic heterocycles. The molecule has 10 rings (SSSR count). The SMILES string of the molecule is CC1(C)c2ccccc2-c2c(-c3cccc(N(c4cccc(-c5ccccc5)c4-c4ccccc4-c4ccccc4)c4cccc5ccccc45)c3)cccc21. The molecule has 56 heavy (non-hydrogen) atoms. The van der Waals surface area contributed by atoms with Gasteiger partial charge in [-0.3, -0.25) is 0 Å². The Hall–Kier alpha value is -6.96. The maximum absolute atomic E-state index is 2.50. The summed E-state index contributed by atoms with van der Waals surface area (Å²) in [5.41, 5.74) is 18.3. The predicted octanol–water partition coefficient (Wildman–Crippen LogP) is 15.3. The van der Waals surface area contributed by atoms with Crippen molar-refractivity contribution in [2.24, 2.45) is 0 Å². The highest BCUT2D eigenvalue weighted by Gasteiger charge is 2.36. The van der Waals surface area contributed by atoms with E-state index in [-0.39, 0.29) is 5.41 Å². The first-order valence-electron chi connectivity index (χ1n) is 19.5. The van der Waals surface area contributed by atoms with Crippen LogP contribution in [0.3, 0.4) is 0 Å². The van der Waals surface area contributed by atoms with Gasteiger partial charge >= 0.3 is 0 Å². The smallest absolute Gasteiger partial charge is 0.0546 e. The van der Waals surface area contributed by atoms with Gasteiger partial charge < -0.3 is 4.90 Å². The highest BCUT2D eigenvalue weighted by Crippen LogP contribution is 2.53. The van der Waals surface area contributed by atoms with Crippen molar-refractivity contribution in [3.05, 3.63) is 223 Å². The van der Waals surface area contributed by atoms with Gasteiger partial charge in [0.1, 0.15) is 0 Å². The van der Waals surface area contributed by atoms with Gasteiger partial charge in [0.15, 0.2) is 0 Å². The third kappa shape index (κ3) is 5.55. The van der Waals surface area contributed by atoms with E-state index in [0.29, 0.717) is 0 Å². The summed E-state index contributed by atoms with van der Waals surface area (Å²) in [7, 11) is 0. The first kappa shape index (κ1) is 33.6. The molecule has 0 saturated carbocycles. The largest absolute Gasteiger partial charge is 0.309 e. The lowest BCUT2D eigenvalue weighted by Gasteiger charge is -2.31. The Kier molecular flexibility index (Phi) is 8.23. The van der Waals surface area contributed by atoms with E-state index in [4.69, 9.17) is 0 Å². The lowest BCUT2D eigenvalue weighted by molar-refractivity contribution is 0.660. The summed E-state index contributed by atoms with van der Waals surface area (Å²) in [5.74, 6) is 0. The zero-order chi connectivity index (χ0) is 37.6. The molecule has 9 aromatic rings. The molecule has 1 aliphatic rings. The van der Waals surface area contributed by atoms with Crippen LogP contribution >= 0.6 is 0 Å². The molecule has 0 atom stereocenters. The van der Waals surface area contributed by atoms with E-state index in [1.807, 2.05) is 0 Å². The molecule has 1 heteroatoms. The third-order valence-corrected chi connectivity index (χ3v) is 11.7. The fourth-order valence-corrected chi connectivity index (χ4v) is 9.06. The van der Waals surface area contributed by atoms with Crippen LogP contribution in [0, 0.1) is 0 Å². The Balaban J connectivity index is 1.27. The number of rotatable bonds is 7. The first-order chi connectivity index (χ1) is 27.6. The molecule has 0 spiro atoms. The number of hydrogen-bond acceptors (Lipinski definition) is 1. The number of anilines is 3. The van der Waals surface area contributed by atoms with Gasteiger partial charge in [0, 0.05) is 22.1 Å². The van der Waals surface area contributed by atoms with Crippen molar-refractivity contribution in [2.75, 3.05) is 4.90 Å². The Morgan fingerprint density at radius 2 is 0.839 bits per heavy atom. The van der Waals surface area contributed by atoms with Gasteiger partial charge in [0.05, 0.1) is 11.4 Å². The van der Waals surface area contributed by atoms with Crippen LogP contribution < -0.4 is 4.90 Å². The van der Waals surface area contributed by atoms with Crippen LogP contribution in [0.2, 0.25) is 0 Å². The van der Waals surface area contributed by atoms with Crippen LogP contribution in [0.5, 0.6) is 0 Å². The molecule has 9 aromatic carbocycles. The molecule has 0 N–H and O–H groups in total. The number of hydrogen-bond donors (Lipinski definition) is 0. The van der Waals surface area contributed by atoms with Crippen LogP contribution in [0.15, 0.2) is 212 Å². The van der Waals surface area contributed by atoms with Crippen molar-refractivity contribution in [1.82, 2.24) is 0 Å². The van der Waals surface area contributed by atoms with Gasteiger partial charge in [0.25, 0.3) is 0 Å². The fraction of sp³-hybridized carbons (Fsp3) is 0.0545. The minimum atomic E-state index is -0.0759. The quantitative estimate of drug-likeness (QED) is 0.159. The predicted molar refractivity (Wildman–Crippen MR) is 238 cm³/mol. The van der Waals surface area contributed by atoms with Crippen LogP contribution in [0.25, 0.3) is 66.4 Å². The highest BCUT2D eigenvalue weighted by atomic mass is 15.1. The number of fused-ring (bicyclic) bond motifs is 4. The monoisotopic (exact) mass is 715 g/mol. The molecule has 0 radical (unpaired) electrons. The first-order valence-corrected chi connectivity index (χ1v) is 19.5. The van der Waals surface area contributed by atoms with Crippen LogP contribution in [-0.2, 0) is 5.41 Å². The van der Waals surface area contributed by atoms with E-state index >= 15 is 0 Å². The van der Waals surface area contributed by atoms with Gasteiger partial charge in [-0.2, -0.15) is 0 Å². The normalized spacial score (nSPS) is 12.6. The van der Waals surface area contributed by atoms with E-state index in [1.165, 1.54) is 77.5 Å². The molecule has 0 unspecified atom stereocenters. The minimum Gasteiger partial charge on any atom is -0.309 e. The molecule has 0 saturated heterocycles. The van der Waals surface area contributed by atoms with Crippen molar-refractivity contribution in [1.29, 1.82) is 0 Å². The van der Waals surface area contributed by atoms with Gasteiger partial charge in [-0.15, -0.1) is 0 Å². The second-order valence-electron chi connectivity index (χ2n) is 15.3. The molecule has 0 heterocycles. The van der Waals surface area contributed by atoms with Crippen LogP contribution in [-0.4, -0.2) is 0 Å². The summed E-state index contributed by atoms with van der Waals surface area (Å²) < 4.78 is 0. The molecular formula is C55H41N. The van der Waals surface area contributed by atoms with Gasteiger partial charge in [0.2, 0.25) is 0 Å². The zero-order valence-corrected chi connectivity index (χ0v) is 31.7. The van der Waals surface area contributed by atoms with Crippen LogP contribution in [0.1, 0.15) is 25.0 Å². The standard InChI is InChI=1S/C55H41N/c1-55(2)49-33-14-13-30-48(49)53-46(31-17-34-50(53)55)41-25-15-26-42(37-41)56(51-35-16-24-39-23-9-10-28-44(39)51)52-36-18-32-45(40-21-7-4-8-22-40)54(52)47-29-12-11-27-43(47)38-19-5-3-6-20-38/h3-37H,1-2H3. The maximum Gasteiger partial charge on any atom is 0.0546 e. The zero-order valence-electron chi connectivity index (χ0n) is 31.7. The summed E-state index contributed by atoms with van der Waals surface area (Å²) in [6.07, 6.45) is 0. The summed E-state index contributed by atoms with van der Waals surface area (Å²) in [4.78, 5) is 2.50. The Morgan fingerprint density at radius 3 is 1.62 bits per heavy atom. The molecular weight excluding hydrogens is 675 g/mol. The lowest BCUT2D eigenvalue weighted by Crippen LogP contribution is -2.14. The molecule has 0 amide bonds. The fourth-order valence-electron chi connectivity index (χ4n) is 9.06. The van der Waals surface area contributed by atoms with Gasteiger partial charge in [-0.05, 0) is 90.8 Å². The minimum absolute atomic E-state index is 0.0759. The van der Waals surface area contributed by atoms with Gasteiger partial charge in [-0.1, -0.05) is 202 Å². The highest BCUT2D eigenvalue weighted by molar-refractivity contribution is 6.06. The topological polar surface area (TPSA) is 3.24 Å². The molecule has 0 fully saturated rings. The summed E-state index contributed by atoms with van der Waals surface area (Å²) >= 11 is 0. The number of benzene rings is 9. The maximum atomic E-state index is 2.50. The summed E-state index contributed by atoms with van der Waals surface area (Å²) in [5, 5.41) is 2.40. The Labute approximate surface area is 329 Å². The second kappa shape index (κ2) is 13.7. The second-order valence-corrected chi connectivity index (χ2v) is 15.3. The molecule has 1 aliphatic carbocycles. The third-order valence-electron chi connectivity index (χ3n) is 11.7. The van der Waals surface area contributed by atoms with E-state index < -0.39 is 0 Å². The summed E-state index contributed by atoms with van der Waals surface area (Å²) in [6.45, 7) is 4.71. The van der Waals surface area contributed by atoms with Crippen molar-refractivity contribution in [2.45, 2.75) is 19.3 Å². The Bertz CT molecular complexity index is 2880. The van der Waals surface area contributed by atoms with Crippen molar-refractivity contribution >= 4 is 27.8 Å². The molecule has 266 valence electrons. The van der Waals surface area contributed by atoms with E-state index in [2.05, 4.69) is 231 Å². The van der Waals surface area contributed by atoms with E-state index in [0.717, 1.165) is 17.1 Å². The number of nitrogens with zero attached hydrogens (tertiary/aromatic N) is 1.